The Morgan fingerprint density at radius 3 is 2.53 bits per heavy atom. The normalized spacial score (nSPS) is 15.0. The van der Waals surface area contributed by atoms with Gasteiger partial charge in [0.05, 0.1) is 18.4 Å². The van der Waals surface area contributed by atoms with Crippen molar-refractivity contribution in [3.05, 3.63) is 34.3 Å². The molecule has 0 fully saturated rings. The number of ketones is 2. The van der Waals surface area contributed by atoms with Gasteiger partial charge in [-0.3, -0.25) is 9.59 Å². The fourth-order valence-electron chi connectivity index (χ4n) is 1.72. The molecule has 0 radical (unpaired) electrons. The molecule has 4 heteroatoms. The molecule has 0 saturated carbocycles. The molecule has 2 rings (SSSR count). The van der Waals surface area contributed by atoms with E-state index in [9.17, 15) is 9.59 Å². The topological polar surface area (TPSA) is 59.2 Å². The minimum atomic E-state index is -0.228. The van der Waals surface area contributed by atoms with Crippen molar-refractivity contribution >= 4 is 11.6 Å². The number of aryl methyl sites for hydroxylation is 1. The van der Waals surface area contributed by atoms with E-state index in [4.69, 9.17) is 4.74 Å². The highest BCUT2D eigenvalue weighted by Crippen LogP contribution is 2.26. The van der Waals surface area contributed by atoms with Crippen molar-refractivity contribution in [3.8, 4) is 0 Å². The molecule has 1 aromatic rings. The zero-order valence-corrected chi connectivity index (χ0v) is 8.80. The summed E-state index contributed by atoms with van der Waals surface area (Å²) in [6.07, 6.45) is 1.22. The zero-order valence-electron chi connectivity index (χ0n) is 8.80. The molecular formula is C11H11NO3. The first-order valence-corrected chi connectivity index (χ1v) is 4.60. The molecule has 0 aromatic carbocycles. The number of H-pyrrole nitrogens is 1. The maximum Gasteiger partial charge on any atom is 0.230 e. The lowest BCUT2D eigenvalue weighted by molar-refractivity contribution is 0.0915. The smallest absolute Gasteiger partial charge is 0.230 e. The van der Waals surface area contributed by atoms with Crippen LogP contribution in [0.3, 0.4) is 0 Å². The van der Waals surface area contributed by atoms with E-state index < -0.39 is 0 Å². The summed E-state index contributed by atoms with van der Waals surface area (Å²) >= 11 is 0. The van der Waals surface area contributed by atoms with Gasteiger partial charge in [0.15, 0.2) is 5.76 Å². The van der Waals surface area contributed by atoms with Gasteiger partial charge in [0.25, 0.3) is 0 Å². The maximum absolute atomic E-state index is 11.9. The number of allylic oxidation sites excluding steroid dienone is 2. The van der Waals surface area contributed by atoms with E-state index in [1.165, 1.54) is 13.2 Å². The van der Waals surface area contributed by atoms with Gasteiger partial charge in [0.1, 0.15) is 0 Å². The van der Waals surface area contributed by atoms with Crippen LogP contribution >= 0.6 is 0 Å². The van der Waals surface area contributed by atoms with Gasteiger partial charge in [-0.25, -0.2) is 0 Å². The number of Topliss-reactive ketones (excluding diaryl/α,β-unsaturated/α-hetero) is 1. The number of rotatable bonds is 1. The molecule has 1 aliphatic carbocycles. The fourth-order valence-corrected chi connectivity index (χ4v) is 1.72. The van der Waals surface area contributed by atoms with E-state index in [1.807, 2.05) is 13.8 Å². The quantitative estimate of drug-likeness (QED) is 0.756. The Balaban J connectivity index is 2.67. The first kappa shape index (κ1) is 9.71. The van der Waals surface area contributed by atoms with E-state index in [1.54, 1.807) is 0 Å². The van der Waals surface area contributed by atoms with Crippen LogP contribution in [0, 0.1) is 13.8 Å². The summed E-state index contributed by atoms with van der Waals surface area (Å²) in [5.74, 6) is -0.332. The number of aromatic nitrogens is 1. The Hall–Kier alpha value is -1.84. The van der Waals surface area contributed by atoms with Gasteiger partial charge in [-0.1, -0.05) is 0 Å². The third kappa shape index (κ3) is 1.21. The summed E-state index contributed by atoms with van der Waals surface area (Å²) in [6.45, 7) is 3.65. The largest absolute Gasteiger partial charge is 0.492 e. The van der Waals surface area contributed by atoms with Crippen LogP contribution in [0.2, 0.25) is 0 Å². The van der Waals surface area contributed by atoms with E-state index >= 15 is 0 Å². The molecule has 0 amide bonds. The van der Waals surface area contributed by atoms with Crippen LogP contribution in [-0.4, -0.2) is 23.7 Å². The second-order valence-corrected chi connectivity index (χ2v) is 3.53. The number of hydrogen-bond donors (Lipinski definition) is 1. The SMILES string of the molecule is COC1=CC(=O)c2[nH]c(C)c(C)c2C1=O. The minimum absolute atomic E-state index is 0.106. The monoisotopic (exact) mass is 205 g/mol. The number of aromatic amines is 1. The highest BCUT2D eigenvalue weighted by Gasteiger charge is 2.30. The molecule has 1 aromatic heterocycles. The van der Waals surface area contributed by atoms with Crippen molar-refractivity contribution in [2.45, 2.75) is 13.8 Å². The third-order valence-corrected chi connectivity index (χ3v) is 2.68. The van der Waals surface area contributed by atoms with Crippen LogP contribution in [0.4, 0.5) is 0 Å². The van der Waals surface area contributed by atoms with Crippen LogP contribution in [-0.2, 0) is 4.74 Å². The fraction of sp³-hybridized carbons (Fsp3) is 0.273. The van der Waals surface area contributed by atoms with Gasteiger partial charge in [0, 0.05) is 11.8 Å². The predicted molar refractivity (Wildman–Crippen MR) is 54.0 cm³/mol. The molecule has 0 unspecified atom stereocenters. The highest BCUT2D eigenvalue weighted by atomic mass is 16.5. The number of hydrogen-bond acceptors (Lipinski definition) is 3. The van der Waals surface area contributed by atoms with Crippen molar-refractivity contribution in [2.24, 2.45) is 0 Å². The summed E-state index contributed by atoms with van der Waals surface area (Å²) in [5, 5.41) is 0. The highest BCUT2D eigenvalue weighted by molar-refractivity contribution is 6.23. The molecule has 0 aliphatic heterocycles. The summed E-state index contributed by atoms with van der Waals surface area (Å²) in [5.41, 5.74) is 2.46. The number of nitrogens with one attached hydrogen (secondary N) is 1. The third-order valence-electron chi connectivity index (χ3n) is 2.68. The van der Waals surface area contributed by atoms with Gasteiger partial charge in [-0.05, 0) is 19.4 Å². The van der Waals surface area contributed by atoms with Crippen LogP contribution in [0.1, 0.15) is 32.1 Å². The first-order chi connectivity index (χ1) is 7.06. The molecule has 0 spiro atoms. The Morgan fingerprint density at radius 2 is 1.93 bits per heavy atom. The van der Waals surface area contributed by atoms with Crippen molar-refractivity contribution in [1.82, 2.24) is 4.98 Å². The van der Waals surface area contributed by atoms with Gasteiger partial charge < -0.3 is 9.72 Å². The Morgan fingerprint density at radius 1 is 1.27 bits per heavy atom. The molecule has 15 heavy (non-hydrogen) atoms. The molecule has 78 valence electrons. The van der Waals surface area contributed by atoms with Crippen molar-refractivity contribution in [1.29, 1.82) is 0 Å². The molecule has 0 saturated heterocycles. The van der Waals surface area contributed by atoms with Crippen LogP contribution in [0.5, 0.6) is 0 Å². The van der Waals surface area contributed by atoms with Crippen LogP contribution in [0.15, 0.2) is 11.8 Å². The molecule has 1 heterocycles. The van der Waals surface area contributed by atoms with E-state index in [2.05, 4.69) is 4.98 Å². The summed E-state index contributed by atoms with van der Waals surface area (Å²) in [4.78, 5) is 26.4. The summed E-state index contributed by atoms with van der Waals surface area (Å²) in [6, 6.07) is 0. The second-order valence-electron chi connectivity index (χ2n) is 3.53. The average molecular weight is 205 g/mol. The standard InChI is InChI=1S/C11H11NO3/c1-5-6(2)12-10-7(13)4-8(15-3)11(14)9(5)10/h4,12H,1-3H3. The minimum Gasteiger partial charge on any atom is -0.492 e. The van der Waals surface area contributed by atoms with Gasteiger partial charge in [-0.15, -0.1) is 0 Å². The molecular weight excluding hydrogens is 194 g/mol. The Kier molecular flexibility index (Phi) is 2.00. The first-order valence-electron chi connectivity index (χ1n) is 4.60. The molecule has 0 atom stereocenters. The molecule has 0 bridgehead atoms. The Bertz CT molecular complexity index is 494. The van der Waals surface area contributed by atoms with Gasteiger partial charge >= 0.3 is 0 Å². The van der Waals surface area contributed by atoms with Crippen molar-refractivity contribution in [2.75, 3.05) is 7.11 Å². The second kappa shape index (κ2) is 3.08. The molecule has 4 nitrogen and oxygen atoms in total. The lowest BCUT2D eigenvalue weighted by Gasteiger charge is -2.10. The lowest BCUT2D eigenvalue weighted by Crippen LogP contribution is -2.17. The lowest BCUT2D eigenvalue weighted by atomic mass is 9.97. The zero-order chi connectivity index (χ0) is 11.2. The van der Waals surface area contributed by atoms with E-state index in [0.29, 0.717) is 11.3 Å². The van der Waals surface area contributed by atoms with Crippen molar-refractivity contribution in [3.63, 3.8) is 0 Å². The number of ether oxygens (including phenoxy) is 1. The summed E-state index contributed by atoms with van der Waals surface area (Å²) in [7, 11) is 1.39. The van der Waals surface area contributed by atoms with Gasteiger partial charge in [-0.2, -0.15) is 0 Å². The number of fused-ring (bicyclic) bond motifs is 1. The number of methoxy groups -OCH3 is 1. The van der Waals surface area contributed by atoms with Crippen LogP contribution in [0.25, 0.3) is 0 Å². The summed E-state index contributed by atoms with van der Waals surface area (Å²) < 4.78 is 4.87. The van der Waals surface area contributed by atoms with Gasteiger partial charge in [0.2, 0.25) is 11.6 Å². The molecule has 1 N–H and O–H groups in total. The average Bonchev–Trinajstić information content (AvgIpc) is 2.50. The van der Waals surface area contributed by atoms with Crippen molar-refractivity contribution < 1.29 is 14.3 Å². The predicted octanol–water partition coefficient (Wildman–Crippen LogP) is 1.54. The molecule has 1 aliphatic rings. The maximum atomic E-state index is 11.9. The van der Waals surface area contributed by atoms with Crippen LogP contribution < -0.4 is 0 Å². The van der Waals surface area contributed by atoms with E-state index in [0.717, 1.165) is 11.3 Å². The number of carbonyl (C=O) groups excluding carboxylic acids is 2. The Labute approximate surface area is 86.9 Å². The number of carbonyl (C=O) groups is 2. The van der Waals surface area contributed by atoms with E-state index in [-0.39, 0.29) is 17.3 Å².